The van der Waals surface area contributed by atoms with Crippen molar-refractivity contribution in [3.8, 4) is 0 Å². The number of amides is 3. The van der Waals surface area contributed by atoms with Crippen molar-refractivity contribution in [2.75, 3.05) is 18.5 Å². The molecule has 0 radical (unpaired) electrons. The molecule has 0 spiro atoms. The van der Waals surface area contributed by atoms with Crippen molar-refractivity contribution < 1.29 is 23.9 Å². The largest absolute Gasteiger partial charge is 0.456 e. The number of carbonyl (C=O) groups excluding carboxylic acids is 4. The fourth-order valence-electron chi connectivity index (χ4n) is 3.69. The second-order valence-electron chi connectivity index (χ2n) is 7.17. The molecule has 3 amide bonds. The first-order valence-corrected chi connectivity index (χ1v) is 10.2. The van der Waals surface area contributed by atoms with Crippen LogP contribution in [0.5, 0.6) is 0 Å². The Hall–Kier alpha value is -2.19. The summed E-state index contributed by atoms with van der Waals surface area (Å²) < 4.78 is 4.92. The van der Waals surface area contributed by atoms with Crippen molar-refractivity contribution in [3.05, 3.63) is 21.8 Å². The molecule has 1 saturated heterocycles. The lowest BCUT2D eigenvalue weighted by atomic mass is 9.81. The highest BCUT2D eigenvalue weighted by atomic mass is 35.5. The molecule has 0 bridgehead atoms. The van der Waals surface area contributed by atoms with Crippen LogP contribution in [0.15, 0.2) is 6.07 Å². The van der Waals surface area contributed by atoms with E-state index in [4.69, 9.17) is 27.9 Å². The molecule has 8 nitrogen and oxygen atoms in total. The molecule has 0 aromatic carbocycles. The van der Waals surface area contributed by atoms with E-state index in [0.717, 1.165) is 30.6 Å². The van der Waals surface area contributed by atoms with Gasteiger partial charge in [-0.15, -0.1) is 0 Å². The first-order chi connectivity index (χ1) is 13.8. The van der Waals surface area contributed by atoms with Crippen LogP contribution in [0, 0.1) is 18.8 Å². The topological polar surface area (TPSA) is 106 Å². The van der Waals surface area contributed by atoms with Crippen molar-refractivity contribution in [1.29, 1.82) is 0 Å². The van der Waals surface area contributed by atoms with Crippen LogP contribution in [0.4, 0.5) is 5.82 Å². The Morgan fingerprint density at radius 2 is 1.79 bits per heavy atom. The number of anilines is 1. The van der Waals surface area contributed by atoms with Gasteiger partial charge in [0.15, 0.2) is 12.4 Å². The summed E-state index contributed by atoms with van der Waals surface area (Å²) in [5.41, 5.74) is 0.490. The van der Waals surface area contributed by atoms with E-state index >= 15 is 0 Å². The predicted molar refractivity (Wildman–Crippen MR) is 105 cm³/mol. The highest BCUT2D eigenvalue weighted by Gasteiger charge is 2.47. The number of hydrogen-bond donors (Lipinski definition) is 1. The molecule has 3 rings (SSSR count). The van der Waals surface area contributed by atoms with E-state index in [0.29, 0.717) is 10.7 Å². The van der Waals surface area contributed by atoms with E-state index < -0.39 is 18.5 Å². The van der Waals surface area contributed by atoms with E-state index in [1.54, 1.807) is 6.92 Å². The molecular weight excluding hydrogens is 421 g/mol. The van der Waals surface area contributed by atoms with Crippen LogP contribution in [-0.2, 0) is 23.9 Å². The Kier molecular flexibility index (Phi) is 6.74. The van der Waals surface area contributed by atoms with Crippen molar-refractivity contribution in [2.24, 2.45) is 11.8 Å². The minimum Gasteiger partial charge on any atom is -0.456 e. The van der Waals surface area contributed by atoms with E-state index in [-0.39, 0.29) is 47.5 Å². The molecule has 29 heavy (non-hydrogen) atoms. The fraction of sp³-hybridized carbons (Fsp3) is 0.526. The number of aromatic nitrogens is 1. The number of ether oxygens (including phenoxy) is 1. The Bertz CT molecular complexity index is 836. The van der Waals surface area contributed by atoms with Gasteiger partial charge in [0.1, 0.15) is 0 Å². The molecule has 1 aromatic rings. The number of imide groups is 1. The zero-order chi connectivity index (χ0) is 21.1. The van der Waals surface area contributed by atoms with Gasteiger partial charge >= 0.3 is 5.97 Å². The summed E-state index contributed by atoms with van der Waals surface area (Å²) in [6, 6.07) is 1.45. The van der Waals surface area contributed by atoms with Gasteiger partial charge in [-0.2, -0.15) is 0 Å². The minimum absolute atomic E-state index is 0.0329. The van der Waals surface area contributed by atoms with Gasteiger partial charge in [-0.05, 0) is 25.8 Å². The summed E-state index contributed by atoms with van der Waals surface area (Å²) in [7, 11) is 0. The summed E-state index contributed by atoms with van der Waals surface area (Å²) in [6.45, 7) is 1.09. The van der Waals surface area contributed by atoms with Gasteiger partial charge in [-0.25, -0.2) is 4.98 Å². The standard InChI is InChI=1S/C19H21Cl2N3O5/c1-10-13(20)8-14(21)17(22-10)23-15(25)9-29-16(26)6-7-24-18(27)11-4-2-3-5-12(11)19(24)28/h8,11-12H,2-7,9H2,1H3,(H,22,23,25). The average Bonchev–Trinajstić information content (AvgIpc) is 2.93. The molecule has 1 aliphatic carbocycles. The van der Waals surface area contributed by atoms with E-state index in [1.807, 2.05) is 0 Å². The van der Waals surface area contributed by atoms with Crippen molar-refractivity contribution in [3.63, 3.8) is 0 Å². The minimum atomic E-state index is -0.679. The summed E-state index contributed by atoms with van der Waals surface area (Å²) in [4.78, 5) is 53.9. The normalized spacial score (nSPS) is 21.1. The number of halogens is 2. The molecule has 2 atom stereocenters. The van der Waals surface area contributed by atoms with Crippen molar-refractivity contribution >= 4 is 52.7 Å². The maximum absolute atomic E-state index is 12.4. The maximum atomic E-state index is 12.4. The molecule has 1 saturated carbocycles. The number of pyridine rings is 1. The number of esters is 1. The van der Waals surface area contributed by atoms with E-state index in [2.05, 4.69) is 10.3 Å². The van der Waals surface area contributed by atoms with Gasteiger partial charge in [0.25, 0.3) is 5.91 Å². The van der Waals surface area contributed by atoms with Crippen LogP contribution in [0.1, 0.15) is 37.8 Å². The first kappa shape index (κ1) is 21.5. The Morgan fingerprint density at radius 1 is 1.17 bits per heavy atom. The number of carbonyl (C=O) groups is 4. The van der Waals surface area contributed by atoms with Crippen LogP contribution >= 0.6 is 23.2 Å². The van der Waals surface area contributed by atoms with Crippen LogP contribution in [0.25, 0.3) is 0 Å². The molecule has 10 heteroatoms. The zero-order valence-corrected chi connectivity index (χ0v) is 17.4. The second kappa shape index (κ2) is 9.09. The predicted octanol–water partition coefficient (Wildman–Crippen LogP) is 2.74. The van der Waals surface area contributed by atoms with Gasteiger partial charge < -0.3 is 10.1 Å². The summed E-state index contributed by atoms with van der Waals surface area (Å²) in [5.74, 6) is -2.09. The molecule has 2 fully saturated rings. The molecule has 156 valence electrons. The van der Waals surface area contributed by atoms with E-state index in [9.17, 15) is 19.2 Å². The SMILES string of the molecule is Cc1nc(NC(=O)COC(=O)CCN2C(=O)C3CCCCC3C2=O)c(Cl)cc1Cl. The second-order valence-corrected chi connectivity index (χ2v) is 7.98. The number of rotatable bonds is 6. The smallest absolute Gasteiger partial charge is 0.308 e. The third-order valence-corrected chi connectivity index (χ3v) is 5.87. The number of likely N-dealkylation sites (tertiary alicyclic amines) is 1. The maximum Gasteiger partial charge on any atom is 0.308 e. The van der Waals surface area contributed by atoms with Crippen LogP contribution in [0.2, 0.25) is 10.0 Å². The fourth-order valence-corrected chi connectivity index (χ4v) is 4.09. The quantitative estimate of drug-likeness (QED) is 0.537. The van der Waals surface area contributed by atoms with Gasteiger partial charge in [0.2, 0.25) is 11.8 Å². The van der Waals surface area contributed by atoms with Gasteiger partial charge in [-0.3, -0.25) is 24.1 Å². The highest BCUT2D eigenvalue weighted by Crippen LogP contribution is 2.38. The van der Waals surface area contributed by atoms with Gasteiger partial charge in [0.05, 0.1) is 34.0 Å². The third-order valence-electron chi connectivity index (χ3n) is 5.20. The lowest BCUT2D eigenvalue weighted by molar-refractivity contribution is -0.148. The Morgan fingerprint density at radius 3 is 2.41 bits per heavy atom. The Balaban J connectivity index is 1.45. The highest BCUT2D eigenvalue weighted by molar-refractivity contribution is 6.36. The number of aryl methyl sites for hydroxylation is 1. The number of nitrogens with one attached hydrogen (secondary N) is 1. The van der Waals surface area contributed by atoms with Crippen LogP contribution in [0.3, 0.4) is 0 Å². The van der Waals surface area contributed by atoms with E-state index in [1.165, 1.54) is 6.07 Å². The van der Waals surface area contributed by atoms with Crippen LogP contribution < -0.4 is 5.32 Å². The van der Waals surface area contributed by atoms with Crippen LogP contribution in [-0.4, -0.2) is 46.7 Å². The molecule has 2 aliphatic rings. The van der Waals surface area contributed by atoms with Gasteiger partial charge in [-0.1, -0.05) is 36.0 Å². The third kappa shape index (κ3) is 4.87. The molecule has 1 aliphatic heterocycles. The molecule has 2 unspecified atom stereocenters. The molecule has 2 heterocycles. The molecule has 1 N–H and O–H groups in total. The first-order valence-electron chi connectivity index (χ1n) is 9.41. The lowest BCUT2D eigenvalue weighted by Gasteiger charge is -2.19. The molecule has 1 aromatic heterocycles. The number of nitrogens with zero attached hydrogens (tertiary/aromatic N) is 2. The average molecular weight is 442 g/mol. The van der Waals surface area contributed by atoms with Crippen molar-refractivity contribution in [1.82, 2.24) is 9.88 Å². The number of fused-ring (bicyclic) bond motifs is 1. The monoisotopic (exact) mass is 441 g/mol. The number of hydrogen-bond acceptors (Lipinski definition) is 6. The summed E-state index contributed by atoms with van der Waals surface area (Å²) in [5, 5.41) is 2.97. The van der Waals surface area contributed by atoms with Gasteiger partial charge in [0, 0.05) is 6.54 Å². The summed E-state index contributed by atoms with van der Waals surface area (Å²) in [6.07, 6.45) is 3.16. The zero-order valence-electron chi connectivity index (χ0n) is 15.9. The Labute approximate surface area is 177 Å². The summed E-state index contributed by atoms with van der Waals surface area (Å²) >= 11 is 11.9. The van der Waals surface area contributed by atoms with Crippen molar-refractivity contribution in [2.45, 2.75) is 39.0 Å². The lowest BCUT2D eigenvalue weighted by Crippen LogP contribution is -2.33. The molecular formula is C19H21Cl2N3O5.